The molecule has 1 aromatic carbocycles. The van der Waals surface area contributed by atoms with Crippen LogP contribution in [-0.2, 0) is 4.74 Å². The first-order chi connectivity index (χ1) is 9.26. The van der Waals surface area contributed by atoms with Crippen LogP contribution in [0.15, 0.2) is 24.3 Å². The Morgan fingerprint density at radius 3 is 2.42 bits per heavy atom. The molecule has 1 aliphatic heterocycles. The van der Waals surface area contributed by atoms with Crippen molar-refractivity contribution in [2.24, 2.45) is 5.73 Å². The highest BCUT2D eigenvalue weighted by molar-refractivity contribution is 5.89. The van der Waals surface area contributed by atoms with Crippen LogP contribution in [0.25, 0.3) is 0 Å². The Bertz CT molecular complexity index is 411. The molecule has 0 saturated carbocycles. The highest BCUT2D eigenvalue weighted by Crippen LogP contribution is 2.24. The molecule has 0 amide bonds. The third-order valence-electron chi connectivity index (χ3n) is 3.77. The van der Waals surface area contributed by atoms with Crippen molar-refractivity contribution in [3.8, 4) is 0 Å². The van der Waals surface area contributed by atoms with Crippen LogP contribution < -0.4 is 5.73 Å². The van der Waals surface area contributed by atoms with Gasteiger partial charge < -0.3 is 10.5 Å². The molecule has 0 aromatic heterocycles. The number of esters is 1. The molecule has 1 saturated heterocycles. The van der Waals surface area contributed by atoms with E-state index in [1.54, 1.807) is 0 Å². The number of likely N-dealkylation sites (tertiary alicyclic amines) is 1. The largest absolute Gasteiger partial charge is 0.465 e. The smallest absolute Gasteiger partial charge is 0.337 e. The Hall–Kier alpha value is -1.39. The summed E-state index contributed by atoms with van der Waals surface area (Å²) in [5.41, 5.74) is 7.69. The molecule has 0 bridgehead atoms. The Morgan fingerprint density at radius 1 is 1.26 bits per heavy atom. The minimum absolute atomic E-state index is 0.256. The van der Waals surface area contributed by atoms with Crippen molar-refractivity contribution in [1.29, 1.82) is 0 Å². The maximum atomic E-state index is 11.4. The predicted molar refractivity (Wildman–Crippen MR) is 75.0 cm³/mol. The van der Waals surface area contributed by atoms with E-state index in [0.717, 1.165) is 13.1 Å². The summed E-state index contributed by atoms with van der Waals surface area (Å²) in [6.07, 6.45) is 3.81. The number of nitrogens with zero attached hydrogens (tertiary/aromatic N) is 1. The number of ether oxygens (including phenoxy) is 1. The zero-order valence-corrected chi connectivity index (χ0v) is 11.5. The molecule has 0 spiro atoms. The number of rotatable bonds is 4. The Labute approximate surface area is 114 Å². The first-order valence-corrected chi connectivity index (χ1v) is 6.88. The SMILES string of the molecule is COC(=O)c1ccc(C(CN)N2CCCCC2)cc1. The summed E-state index contributed by atoms with van der Waals surface area (Å²) < 4.78 is 4.71. The van der Waals surface area contributed by atoms with Crippen LogP contribution in [0.4, 0.5) is 0 Å². The molecule has 1 aromatic rings. The number of nitrogens with two attached hydrogens (primary N) is 1. The molecule has 2 N–H and O–H groups in total. The summed E-state index contributed by atoms with van der Waals surface area (Å²) in [5, 5.41) is 0. The maximum absolute atomic E-state index is 11.4. The number of carbonyl (C=O) groups is 1. The fraction of sp³-hybridized carbons (Fsp3) is 0.533. The standard InChI is InChI=1S/C15H22N2O2/c1-19-15(18)13-7-5-12(6-8-13)14(11-16)17-9-3-2-4-10-17/h5-8,14H,2-4,9-11,16H2,1H3. The third kappa shape index (κ3) is 3.33. The monoisotopic (exact) mass is 262 g/mol. The van der Waals surface area contributed by atoms with Gasteiger partial charge in [0.05, 0.1) is 12.7 Å². The van der Waals surface area contributed by atoms with E-state index in [0.29, 0.717) is 12.1 Å². The molecule has 1 atom stereocenters. The normalized spacial score (nSPS) is 18.0. The van der Waals surface area contributed by atoms with Crippen molar-refractivity contribution in [2.45, 2.75) is 25.3 Å². The highest BCUT2D eigenvalue weighted by atomic mass is 16.5. The van der Waals surface area contributed by atoms with Crippen LogP contribution in [-0.4, -0.2) is 37.6 Å². The first-order valence-electron chi connectivity index (χ1n) is 6.88. The van der Waals surface area contributed by atoms with E-state index in [4.69, 9.17) is 10.5 Å². The number of hydrogen-bond donors (Lipinski definition) is 1. The molecule has 1 aliphatic rings. The molecule has 1 heterocycles. The van der Waals surface area contributed by atoms with E-state index in [2.05, 4.69) is 4.90 Å². The molecule has 104 valence electrons. The van der Waals surface area contributed by atoms with E-state index >= 15 is 0 Å². The summed E-state index contributed by atoms with van der Waals surface area (Å²) >= 11 is 0. The number of methoxy groups -OCH3 is 1. The summed E-state index contributed by atoms with van der Waals surface area (Å²) in [4.78, 5) is 13.8. The van der Waals surface area contributed by atoms with Crippen LogP contribution in [0.2, 0.25) is 0 Å². The molecule has 1 fully saturated rings. The van der Waals surface area contributed by atoms with Gasteiger partial charge in [-0.05, 0) is 43.6 Å². The molecule has 0 radical (unpaired) electrons. The minimum Gasteiger partial charge on any atom is -0.465 e. The lowest BCUT2D eigenvalue weighted by molar-refractivity contribution is 0.0600. The molecular weight excluding hydrogens is 240 g/mol. The minimum atomic E-state index is -0.297. The summed E-state index contributed by atoms with van der Waals surface area (Å²) in [5.74, 6) is -0.297. The van der Waals surface area contributed by atoms with Gasteiger partial charge in [0, 0.05) is 12.6 Å². The van der Waals surface area contributed by atoms with E-state index in [1.807, 2.05) is 24.3 Å². The molecule has 0 aliphatic carbocycles. The fourth-order valence-electron chi connectivity index (χ4n) is 2.69. The quantitative estimate of drug-likeness (QED) is 0.843. The number of benzene rings is 1. The van der Waals surface area contributed by atoms with Crippen molar-refractivity contribution < 1.29 is 9.53 Å². The topological polar surface area (TPSA) is 55.6 Å². The van der Waals surface area contributed by atoms with E-state index < -0.39 is 0 Å². The maximum Gasteiger partial charge on any atom is 0.337 e. The van der Waals surface area contributed by atoms with Gasteiger partial charge in [-0.2, -0.15) is 0 Å². The van der Waals surface area contributed by atoms with Gasteiger partial charge in [0.15, 0.2) is 0 Å². The van der Waals surface area contributed by atoms with Crippen LogP contribution in [0.5, 0.6) is 0 Å². The van der Waals surface area contributed by atoms with Gasteiger partial charge in [0.25, 0.3) is 0 Å². The molecular formula is C15H22N2O2. The van der Waals surface area contributed by atoms with Crippen LogP contribution in [0.3, 0.4) is 0 Å². The summed E-state index contributed by atoms with van der Waals surface area (Å²) in [6.45, 7) is 2.83. The van der Waals surface area contributed by atoms with Crippen molar-refractivity contribution in [1.82, 2.24) is 4.90 Å². The molecule has 1 unspecified atom stereocenters. The Morgan fingerprint density at radius 2 is 1.89 bits per heavy atom. The van der Waals surface area contributed by atoms with E-state index in [-0.39, 0.29) is 12.0 Å². The Balaban J connectivity index is 2.12. The van der Waals surface area contributed by atoms with Crippen molar-refractivity contribution >= 4 is 5.97 Å². The average molecular weight is 262 g/mol. The van der Waals surface area contributed by atoms with Crippen molar-refractivity contribution in [3.63, 3.8) is 0 Å². The zero-order valence-electron chi connectivity index (χ0n) is 11.5. The zero-order chi connectivity index (χ0) is 13.7. The van der Waals surface area contributed by atoms with Crippen molar-refractivity contribution in [3.05, 3.63) is 35.4 Å². The van der Waals surface area contributed by atoms with Gasteiger partial charge in [0.1, 0.15) is 0 Å². The van der Waals surface area contributed by atoms with Gasteiger partial charge in [-0.25, -0.2) is 4.79 Å². The van der Waals surface area contributed by atoms with Gasteiger partial charge in [-0.3, -0.25) is 4.90 Å². The van der Waals surface area contributed by atoms with E-state index in [1.165, 1.54) is 31.9 Å². The van der Waals surface area contributed by atoms with Gasteiger partial charge in [-0.1, -0.05) is 18.6 Å². The lowest BCUT2D eigenvalue weighted by atomic mass is 10.0. The van der Waals surface area contributed by atoms with Crippen LogP contribution in [0.1, 0.15) is 41.2 Å². The number of piperidine rings is 1. The second-order valence-electron chi connectivity index (χ2n) is 4.96. The Kier molecular flexibility index (Phi) is 4.93. The van der Waals surface area contributed by atoms with Crippen LogP contribution >= 0.6 is 0 Å². The fourth-order valence-corrected chi connectivity index (χ4v) is 2.69. The molecule has 4 nitrogen and oxygen atoms in total. The van der Waals surface area contributed by atoms with Gasteiger partial charge >= 0.3 is 5.97 Å². The molecule has 19 heavy (non-hydrogen) atoms. The second kappa shape index (κ2) is 6.68. The molecule has 2 rings (SSSR count). The van der Waals surface area contributed by atoms with Crippen LogP contribution in [0, 0.1) is 0 Å². The summed E-state index contributed by atoms with van der Waals surface area (Å²) in [7, 11) is 1.40. The van der Waals surface area contributed by atoms with E-state index in [9.17, 15) is 4.79 Å². The summed E-state index contributed by atoms with van der Waals surface area (Å²) in [6, 6.07) is 7.85. The molecule has 4 heteroatoms. The number of hydrogen-bond acceptors (Lipinski definition) is 4. The van der Waals surface area contributed by atoms with Gasteiger partial charge in [0.2, 0.25) is 0 Å². The number of carbonyl (C=O) groups excluding carboxylic acids is 1. The first kappa shape index (κ1) is 14.0. The highest BCUT2D eigenvalue weighted by Gasteiger charge is 2.21. The predicted octanol–water partition coefficient (Wildman–Crippen LogP) is 1.96. The average Bonchev–Trinajstić information content (AvgIpc) is 2.49. The third-order valence-corrected chi connectivity index (χ3v) is 3.77. The van der Waals surface area contributed by atoms with Gasteiger partial charge in [-0.15, -0.1) is 0 Å². The lowest BCUT2D eigenvalue weighted by Gasteiger charge is -2.34. The second-order valence-corrected chi connectivity index (χ2v) is 4.96. The lowest BCUT2D eigenvalue weighted by Crippen LogP contribution is -2.37. The van der Waals surface area contributed by atoms with Crippen molar-refractivity contribution in [2.75, 3.05) is 26.7 Å².